The summed E-state index contributed by atoms with van der Waals surface area (Å²) in [6.45, 7) is 3.15. The van der Waals surface area contributed by atoms with E-state index in [2.05, 4.69) is 10.00 Å². The van der Waals surface area contributed by atoms with Gasteiger partial charge in [0.1, 0.15) is 5.82 Å². The fourth-order valence-corrected chi connectivity index (χ4v) is 3.72. The predicted molar refractivity (Wildman–Crippen MR) is 110 cm³/mol. The summed E-state index contributed by atoms with van der Waals surface area (Å²) in [6.07, 6.45) is 0. The zero-order valence-electron chi connectivity index (χ0n) is 15.9. The zero-order chi connectivity index (χ0) is 20.5. The van der Waals surface area contributed by atoms with Crippen LogP contribution in [0.2, 0.25) is 5.02 Å². The summed E-state index contributed by atoms with van der Waals surface area (Å²) < 4.78 is 15.0. The van der Waals surface area contributed by atoms with E-state index in [0.29, 0.717) is 36.7 Å². The first-order valence-electron chi connectivity index (χ1n) is 9.35. The van der Waals surface area contributed by atoms with E-state index in [0.717, 1.165) is 18.2 Å². The van der Waals surface area contributed by atoms with Crippen LogP contribution >= 0.6 is 11.6 Å². The maximum atomic E-state index is 13.6. The number of hydrogen-bond acceptors (Lipinski definition) is 4. The number of fused-ring (bicyclic) bond motifs is 1. The number of benzene rings is 2. The average Bonchev–Trinajstić information content (AvgIpc) is 2.72. The van der Waals surface area contributed by atoms with E-state index in [1.807, 2.05) is 24.3 Å². The number of carbonyl (C=O) groups excluding carboxylic acids is 1. The number of hydrogen-bond donors (Lipinski definition) is 0. The molecular weight excluding hydrogens is 395 g/mol. The minimum absolute atomic E-state index is 0.159. The summed E-state index contributed by atoms with van der Waals surface area (Å²) in [5, 5.41) is 5.03. The molecule has 1 amide bonds. The SMILES string of the molecule is Cn1nc(C(=O)N2CCN(Cc3ccc(Cl)cc3)CC2)c(=O)c2cc(F)ccc21. The standard InChI is InChI=1S/C21H20ClFN4O2/c1-25-18-7-6-16(23)12-17(18)20(28)19(24-25)21(29)27-10-8-26(9-11-27)13-14-2-4-15(22)5-3-14/h2-7,12H,8-11,13H2,1H3. The van der Waals surface area contributed by atoms with Gasteiger partial charge in [0.25, 0.3) is 5.91 Å². The van der Waals surface area contributed by atoms with Gasteiger partial charge >= 0.3 is 0 Å². The third-order valence-corrected chi connectivity index (χ3v) is 5.45. The molecule has 0 aliphatic carbocycles. The van der Waals surface area contributed by atoms with Crippen LogP contribution in [0.15, 0.2) is 47.3 Å². The van der Waals surface area contributed by atoms with Crippen LogP contribution in [0.3, 0.4) is 0 Å². The van der Waals surface area contributed by atoms with Crippen molar-refractivity contribution >= 4 is 28.4 Å². The third-order valence-electron chi connectivity index (χ3n) is 5.20. The Morgan fingerprint density at radius 3 is 2.48 bits per heavy atom. The minimum Gasteiger partial charge on any atom is -0.335 e. The Balaban J connectivity index is 1.49. The minimum atomic E-state index is -0.536. The number of aryl methyl sites for hydroxylation is 1. The molecule has 1 aliphatic rings. The van der Waals surface area contributed by atoms with E-state index in [-0.39, 0.29) is 11.1 Å². The summed E-state index contributed by atoms with van der Waals surface area (Å²) in [4.78, 5) is 29.5. The molecule has 150 valence electrons. The molecule has 1 aromatic heterocycles. The van der Waals surface area contributed by atoms with Crippen molar-refractivity contribution in [1.29, 1.82) is 0 Å². The number of piperazine rings is 1. The normalized spacial score (nSPS) is 15.1. The molecule has 2 heterocycles. The van der Waals surface area contributed by atoms with Gasteiger partial charge < -0.3 is 4.90 Å². The highest BCUT2D eigenvalue weighted by molar-refractivity contribution is 6.30. The van der Waals surface area contributed by atoms with Crippen molar-refractivity contribution < 1.29 is 9.18 Å². The van der Waals surface area contributed by atoms with Crippen molar-refractivity contribution in [2.45, 2.75) is 6.54 Å². The fourth-order valence-electron chi connectivity index (χ4n) is 3.60. The smallest absolute Gasteiger partial charge is 0.278 e. The van der Waals surface area contributed by atoms with Gasteiger partial charge in [0.15, 0.2) is 5.69 Å². The molecule has 0 spiro atoms. The lowest BCUT2D eigenvalue weighted by Crippen LogP contribution is -2.49. The van der Waals surface area contributed by atoms with Crippen LogP contribution in [-0.2, 0) is 13.6 Å². The van der Waals surface area contributed by atoms with Crippen molar-refractivity contribution in [1.82, 2.24) is 19.6 Å². The van der Waals surface area contributed by atoms with E-state index >= 15 is 0 Å². The van der Waals surface area contributed by atoms with Crippen LogP contribution < -0.4 is 5.43 Å². The zero-order valence-corrected chi connectivity index (χ0v) is 16.7. The van der Waals surface area contributed by atoms with Gasteiger partial charge in [-0.25, -0.2) is 4.39 Å². The van der Waals surface area contributed by atoms with Gasteiger partial charge in [-0.3, -0.25) is 19.2 Å². The molecule has 8 heteroatoms. The Morgan fingerprint density at radius 2 is 1.79 bits per heavy atom. The van der Waals surface area contributed by atoms with Crippen LogP contribution in [-0.4, -0.2) is 51.7 Å². The highest BCUT2D eigenvalue weighted by Gasteiger charge is 2.26. The van der Waals surface area contributed by atoms with E-state index in [1.165, 1.54) is 16.8 Å². The van der Waals surface area contributed by atoms with Gasteiger partial charge in [-0.2, -0.15) is 5.10 Å². The van der Waals surface area contributed by atoms with Crippen molar-refractivity contribution in [3.63, 3.8) is 0 Å². The first kappa shape index (κ1) is 19.5. The van der Waals surface area contributed by atoms with Crippen LogP contribution in [0.1, 0.15) is 16.1 Å². The van der Waals surface area contributed by atoms with Crippen LogP contribution in [0.5, 0.6) is 0 Å². The summed E-state index contributed by atoms with van der Waals surface area (Å²) in [5.41, 5.74) is 0.935. The Kier molecular flexibility index (Phi) is 5.34. The molecule has 6 nitrogen and oxygen atoms in total. The Bertz CT molecular complexity index is 1120. The topological polar surface area (TPSA) is 58.4 Å². The second kappa shape index (κ2) is 7.93. The van der Waals surface area contributed by atoms with E-state index < -0.39 is 17.2 Å². The van der Waals surface area contributed by atoms with Crippen molar-refractivity contribution in [3.8, 4) is 0 Å². The fraction of sp³-hybridized carbons (Fsp3) is 0.286. The maximum Gasteiger partial charge on any atom is 0.278 e. The molecule has 29 heavy (non-hydrogen) atoms. The Morgan fingerprint density at radius 1 is 1.10 bits per heavy atom. The lowest BCUT2D eigenvalue weighted by Gasteiger charge is -2.34. The number of amides is 1. The maximum absolute atomic E-state index is 13.6. The van der Waals surface area contributed by atoms with E-state index in [1.54, 1.807) is 11.9 Å². The second-order valence-electron chi connectivity index (χ2n) is 7.16. The number of aromatic nitrogens is 2. The van der Waals surface area contributed by atoms with E-state index in [9.17, 15) is 14.0 Å². The van der Waals surface area contributed by atoms with Gasteiger partial charge in [0.2, 0.25) is 5.43 Å². The highest BCUT2D eigenvalue weighted by atomic mass is 35.5. The van der Waals surface area contributed by atoms with Crippen LogP contribution in [0.4, 0.5) is 4.39 Å². The predicted octanol–water partition coefficient (Wildman–Crippen LogP) is 2.68. The number of carbonyl (C=O) groups is 1. The first-order chi connectivity index (χ1) is 13.9. The third kappa shape index (κ3) is 4.02. The Labute approximate surface area is 172 Å². The number of halogens is 2. The molecule has 0 N–H and O–H groups in total. The molecule has 1 saturated heterocycles. The molecule has 1 aliphatic heterocycles. The lowest BCUT2D eigenvalue weighted by atomic mass is 10.1. The quantitative estimate of drug-likeness (QED) is 0.661. The van der Waals surface area contributed by atoms with Crippen LogP contribution in [0.25, 0.3) is 10.9 Å². The lowest BCUT2D eigenvalue weighted by molar-refractivity contribution is 0.0619. The molecular formula is C21H20ClFN4O2. The van der Waals surface area contributed by atoms with Gasteiger partial charge in [-0.1, -0.05) is 23.7 Å². The summed E-state index contributed by atoms with van der Waals surface area (Å²) >= 11 is 5.92. The number of nitrogens with zero attached hydrogens (tertiary/aromatic N) is 4. The second-order valence-corrected chi connectivity index (χ2v) is 7.59. The molecule has 1 fully saturated rings. The molecule has 0 saturated carbocycles. The van der Waals surface area contributed by atoms with Crippen LogP contribution in [0, 0.1) is 5.82 Å². The van der Waals surface area contributed by atoms with Gasteiger partial charge in [0, 0.05) is 44.8 Å². The molecule has 0 atom stereocenters. The molecule has 2 aromatic carbocycles. The summed E-state index contributed by atoms with van der Waals surface area (Å²) in [7, 11) is 1.64. The molecule has 4 rings (SSSR count). The van der Waals surface area contributed by atoms with Crippen molar-refractivity contribution in [3.05, 3.63) is 74.8 Å². The molecule has 3 aromatic rings. The van der Waals surface area contributed by atoms with Gasteiger partial charge in [-0.05, 0) is 35.9 Å². The van der Waals surface area contributed by atoms with Gasteiger partial charge in [-0.15, -0.1) is 0 Å². The molecule has 0 radical (unpaired) electrons. The highest BCUT2D eigenvalue weighted by Crippen LogP contribution is 2.15. The first-order valence-corrected chi connectivity index (χ1v) is 9.73. The molecule has 0 bridgehead atoms. The molecule has 0 unspecified atom stereocenters. The van der Waals surface area contributed by atoms with Gasteiger partial charge in [0.05, 0.1) is 10.9 Å². The largest absolute Gasteiger partial charge is 0.335 e. The monoisotopic (exact) mass is 414 g/mol. The van der Waals surface area contributed by atoms with E-state index in [4.69, 9.17) is 11.6 Å². The van der Waals surface area contributed by atoms with Crippen molar-refractivity contribution in [2.24, 2.45) is 7.05 Å². The summed E-state index contributed by atoms with van der Waals surface area (Å²) in [6, 6.07) is 11.6. The van der Waals surface area contributed by atoms with Crippen molar-refractivity contribution in [2.75, 3.05) is 26.2 Å². The Hall–Kier alpha value is -2.77. The summed E-state index contributed by atoms with van der Waals surface area (Å²) in [5.74, 6) is -0.932. The average molecular weight is 415 g/mol. The number of rotatable bonds is 3.